The fourth-order valence-corrected chi connectivity index (χ4v) is 3.08. The number of aliphatic hydroxyl groups excluding tert-OH is 1. The van der Waals surface area contributed by atoms with Gasteiger partial charge in [0.15, 0.2) is 0 Å². The molecule has 0 saturated heterocycles. The van der Waals surface area contributed by atoms with Gasteiger partial charge in [0.1, 0.15) is 11.5 Å². The molecular weight excluding hydrogens is 371 g/mol. The number of hydrogen-bond acceptors (Lipinski definition) is 5. The summed E-state index contributed by atoms with van der Waals surface area (Å²) < 4.78 is 14.6. The summed E-state index contributed by atoms with van der Waals surface area (Å²) in [6.07, 6.45) is 9.68. The third kappa shape index (κ3) is 3.55. The van der Waals surface area contributed by atoms with Crippen LogP contribution in [0.1, 0.15) is 6.92 Å². The minimum atomic E-state index is -0.394. The zero-order chi connectivity index (χ0) is 20.4. The highest BCUT2D eigenvalue weighted by atomic mass is 19.1. The van der Waals surface area contributed by atoms with Crippen molar-refractivity contribution in [3.8, 4) is 22.4 Å². The molecule has 29 heavy (non-hydrogen) atoms. The van der Waals surface area contributed by atoms with Gasteiger partial charge in [-0.2, -0.15) is 5.10 Å². The molecule has 144 valence electrons. The first kappa shape index (κ1) is 18.3. The van der Waals surface area contributed by atoms with Crippen LogP contribution >= 0.6 is 0 Å². The van der Waals surface area contributed by atoms with Crippen molar-refractivity contribution in [2.75, 3.05) is 0 Å². The Morgan fingerprint density at radius 3 is 2.66 bits per heavy atom. The summed E-state index contributed by atoms with van der Waals surface area (Å²) in [4.78, 5) is 16.0. The second-order valence-electron chi connectivity index (χ2n) is 6.41. The molecule has 0 spiro atoms. The number of allylic oxidation sites excluding steroid dienone is 1. The van der Waals surface area contributed by atoms with Gasteiger partial charge in [-0.3, -0.25) is 15.1 Å². The Bertz CT molecular complexity index is 1290. The van der Waals surface area contributed by atoms with E-state index >= 15 is 0 Å². The number of halogens is 1. The molecule has 7 nitrogen and oxygen atoms in total. The standard InChI is InChI=1S/C18H11FN6.C3H6O/c19-13-8-22-18-17(16(13)11-6-23-24-7-11)12-4-14(21-9-15(12)25-18)10-2-1-3-20-5-10;1-3(2)4/h1-9H,(H,22,25)(H,23,24);4H,1H2,2H3. The summed E-state index contributed by atoms with van der Waals surface area (Å²) in [5, 5.41) is 16.1. The van der Waals surface area contributed by atoms with Crippen LogP contribution in [0.25, 0.3) is 44.3 Å². The first-order chi connectivity index (χ1) is 14.0. The average molecular weight is 388 g/mol. The van der Waals surface area contributed by atoms with Crippen molar-refractivity contribution in [1.82, 2.24) is 30.1 Å². The molecule has 5 heterocycles. The van der Waals surface area contributed by atoms with Gasteiger partial charge >= 0.3 is 0 Å². The van der Waals surface area contributed by atoms with Crippen LogP contribution in [0.5, 0.6) is 0 Å². The fourth-order valence-electron chi connectivity index (χ4n) is 3.08. The van der Waals surface area contributed by atoms with E-state index in [-0.39, 0.29) is 5.76 Å². The molecule has 0 aliphatic rings. The van der Waals surface area contributed by atoms with E-state index in [1.165, 1.54) is 13.1 Å². The highest BCUT2D eigenvalue weighted by molar-refractivity contribution is 6.13. The van der Waals surface area contributed by atoms with Gasteiger partial charge in [0.2, 0.25) is 0 Å². The first-order valence-electron chi connectivity index (χ1n) is 8.74. The number of aromatic amines is 2. The van der Waals surface area contributed by atoms with Gasteiger partial charge in [0.05, 0.1) is 35.6 Å². The average Bonchev–Trinajstić information content (AvgIpc) is 3.36. The van der Waals surface area contributed by atoms with Gasteiger partial charge in [0, 0.05) is 46.1 Å². The topological polar surface area (TPSA) is 103 Å². The third-order valence-corrected chi connectivity index (χ3v) is 4.20. The van der Waals surface area contributed by atoms with E-state index in [0.717, 1.165) is 22.2 Å². The van der Waals surface area contributed by atoms with Crippen molar-refractivity contribution < 1.29 is 9.50 Å². The van der Waals surface area contributed by atoms with Gasteiger partial charge in [-0.1, -0.05) is 6.58 Å². The molecule has 5 aromatic heterocycles. The highest BCUT2D eigenvalue weighted by Gasteiger charge is 2.17. The maximum Gasteiger partial charge on any atom is 0.150 e. The third-order valence-electron chi connectivity index (χ3n) is 4.20. The van der Waals surface area contributed by atoms with Gasteiger partial charge in [0.25, 0.3) is 0 Å². The van der Waals surface area contributed by atoms with Crippen LogP contribution in [0.4, 0.5) is 4.39 Å². The molecule has 5 aromatic rings. The number of hydrogen-bond donors (Lipinski definition) is 3. The molecule has 0 atom stereocenters. The number of fused-ring (bicyclic) bond motifs is 3. The Kier molecular flexibility index (Phi) is 4.74. The van der Waals surface area contributed by atoms with E-state index in [0.29, 0.717) is 22.2 Å². The molecule has 5 rings (SSSR count). The number of pyridine rings is 3. The lowest BCUT2D eigenvalue weighted by Gasteiger charge is -2.04. The van der Waals surface area contributed by atoms with E-state index < -0.39 is 5.82 Å². The van der Waals surface area contributed by atoms with Gasteiger partial charge < -0.3 is 10.1 Å². The first-order valence-corrected chi connectivity index (χ1v) is 8.74. The van der Waals surface area contributed by atoms with E-state index in [9.17, 15) is 4.39 Å². The molecule has 0 unspecified atom stereocenters. The van der Waals surface area contributed by atoms with Gasteiger partial charge in [-0.05, 0) is 25.1 Å². The van der Waals surface area contributed by atoms with Crippen LogP contribution in [-0.4, -0.2) is 35.2 Å². The van der Waals surface area contributed by atoms with Crippen LogP contribution in [0.3, 0.4) is 0 Å². The molecule has 0 saturated carbocycles. The van der Waals surface area contributed by atoms with Crippen LogP contribution in [0.15, 0.2) is 67.7 Å². The Morgan fingerprint density at radius 1 is 1.14 bits per heavy atom. The molecule has 8 heteroatoms. The lowest BCUT2D eigenvalue weighted by Crippen LogP contribution is -1.88. The molecule has 0 aliphatic carbocycles. The van der Waals surface area contributed by atoms with E-state index in [2.05, 4.69) is 36.7 Å². The maximum atomic E-state index is 14.6. The van der Waals surface area contributed by atoms with Crippen molar-refractivity contribution in [2.45, 2.75) is 6.92 Å². The summed E-state index contributed by atoms with van der Waals surface area (Å²) in [7, 11) is 0. The largest absolute Gasteiger partial charge is 0.513 e. The zero-order valence-electron chi connectivity index (χ0n) is 15.5. The van der Waals surface area contributed by atoms with Crippen molar-refractivity contribution >= 4 is 21.9 Å². The minimum absolute atomic E-state index is 0.167. The molecule has 0 amide bonds. The Labute approximate surface area is 165 Å². The summed E-state index contributed by atoms with van der Waals surface area (Å²) in [5.41, 5.74) is 4.21. The predicted octanol–water partition coefficient (Wildman–Crippen LogP) is 4.78. The summed E-state index contributed by atoms with van der Waals surface area (Å²) >= 11 is 0. The number of nitrogens with zero attached hydrogens (tertiary/aromatic N) is 4. The number of rotatable bonds is 2. The molecule has 0 bridgehead atoms. The molecule has 3 N–H and O–H groups in total. The molecule has 0 aromatic carbocycles. The zero-order valence-corrected chi connectivity index (χ0v) is 15.5. The van der Waals surface area contributed by atoms with Gasteiger partial charge in [-0.25, -0.2) is 9.37 Å². The molecule has 0 fully saturated rings. The second kappa shape index (κ2) is 7.51. The highest BCUT2D eigenvalue weighted by Crippen LogP contribution is 2.36. The quantitative estimate of drug-likeness (QED) is 0.378. The minimum Gasteiger partial charge on any atom is -0.513 e. The summed E-state index contributed by atoms with van der Waals surface area (Å²) in [6, 6.07) is 5.72. The lowest BCUT2D eigenvalue weighted by atomic mass is 10.0. The maximum absolute atomic E-state index is 14.6. The smallest absolute Gasteiger partial charge is 0.150 e. The Balaban J connectivity index is 0.000000472. The lowest BCUT2D eigenvalue weighted by molar-refractivity contribution is 0.417. The SMILES string of the molecule is C=C(C)O.Fc1cnc2[nH]c3cnc(-c4cccnc4)cc3c2c1-c1cn[nH]c1. The van der Waals surface area contributed by atoms with E-state index in [1.807, 2.05) is 18.2 Å². The Morgan fingerprint density at radius 2 is 1.97 bits per heavy atom. The fraction of sp³-hybridized carbons (Fsp3) is 0.0476. The number of nitrogens with one attached hydrogen (secondary N) is 2. The van der Waals surface area contributed by atoms with Crippen molar-refractivity contribution in [3.05, 3.63) is 73.5 Å². The molecule has 0 aliphatic heterocycles. The number of H-pyrrole nitrogens is 2. The summed E-state index contributed by atoms with van der Waals surface area (Å²) in [6.45, 7) is 4.64. The van der Waals surface area contributed by atoms with Crippen molar-refractivity contribution in [1.29, 1.82) is 0 Å². The van der Waals surface area contributed by atoms with Crippen molar-refractivity contribution in [2.24, 2.45) is 0 Å². The van der Waals surface area contributed by atoms with Gasteiger partial charge in [-0.15, -0.1) is 0 Å². The van der Waals surface area contributed by atoms with Crippen LogP contribution in [0.2, 0.25) is 0 Å². The van der Waals surface area contributed by atoms with E-state index in [4.69, 9.17) is 5.11 Å². The molecular formula is C21H17FN6O. The Hall–Kier alpha value is -4.07. The second-order valence-corrected chi connectivity index (χ2v) is 6.41. The van der Waals surface area contributed by atoms with Crippen molar-refractivity contribution in [3.63, 3.8) is 0 Å². The molecule has 0 radical (unpaired) electrons. The predicted molar refractivity (Wildman–Crippen MR) is 110 cm³/mol. The van der Waals surface area contributed by atoms with E-state index in [1.54, 1.807) is 31.0 Å². The number of aromatic nitrogens is 6. The van der Waals surface area contributed by atoms with Crippen LogP contribution < -0.4 is 0 Å². The summed E-state index contributed by atoms with van der Waals surface area (Å²) in [5.74, 6) is -0.227. The number of aliphatic hydroxyl groups is 1. The normalized spacial score (nSPS) is 10.7. The monoisotopic (exact) mass is 388 g/mol. The van der Waals surface area contributed by atoms with Crippen LogP contribution in [0, 0.1) is 5.82 Å². The van der Waals surface area contributed by atoms with Crippen LogP contribution in [-0.2, 0) is 0 Å².